The highest BCUT2D eigenvalue weighted by Gasteiger charge is 2.32. The lowest BCUT2D eigenvalue weighted by molar-refractivity contribution is 0.290. The second kappa shape index (κ2) is 6.68. The first-order valence-corrected chi connectivity index (χ1v) is 9.88. The van der Waals surface area contributed by atoms with Crippen molar-refractivity contribution < 1.29 is 8.42 Å². The van der Waals surface area contributed by atoms with E-state index in [1.165, 1.54) is 4.31 Å². The van der Waals surface area contributed by atoms with Gasteiger partial charge in [0.25, 0.3) is 10.2 Å². The average Bonchev–Trinajstić information content (AvgIpc) is 3.19. The SMILES string of the molecule is CN(C)S(=O)(=O)N1CCC[C@H](c2nccn2Cc2cscn2)C1. The molecule has 0 bridgehead atoms. The molecule has 0 unspecified atom stereocenters. The van der Waals surface area contributed by atoms with Crippen molar-refractivity contribution in [3.05, 3.63) is 34.8 Å². The van der Waals surface area contributed by atoms with Crippen molar-refractivity contribution in [2.24, 2.45) is 0 Å². The van der Waals surface area contributed by atoms with Crippen LogP contribution in [0.15, 0.2) is 23.3 Å². The smallest absolute Gasteiger partial charge is 0.281 e. The topological polar surface area (TPSA) is 71.3 Å². The van der Waals surface area contributed by atoms with E-state index < -0.39 is 10.2 Å². The summed E-state index contributed by atoms with van der Waals surface area (Å²) in [6.45, 7) is 1.73. The highest BCUT2D eigenvalue weighted by atomic mass is 32.2. The Balaban J connectivity index is 1.78. The molecule has 0 aromatic carbocycles. The predicted octanol–water partition coefficient (Wildman–Crippen LogP) is 1.37. The molecule has 1 atom stereocenters. The Morgan fingerprint density at radius 2 is 2.22 bits per heavy atom. The van der Waals surface area contributed by atoms with Crippen molar-refractivity contribution >= 4 is 21.5 Å². The summed E-state index contributed by atoms with van der Waals surface area (Å²) >= 11 is 1.57. The molecule has 1 saturated heterocycles. The van der Waals surface area contributed by atoms with Crippen LogP contribution in [0.25, 0.3) is 0 Å². The molecule has 7 nitrogen and oxygen atoms in total. The molecule has 0 amide bonds. The van der Waals surface area contributed by atoms with Crippen molar-refractivity contribution in [3.63, 3.8) is 0 Å². The molecule has 0 aliphatic carbocycles. The molecule has 2 aromatic heterocycles. The molecule has 3 heterocycles. The fourth-order valence-corrected chi connectivity index (χ4v) is 4.64. The van der Waals surface area contributed by atoms with Gasteiger partial charge in [0.05, 0.1) is 17.7 Å². The van der Waals surface area contributed by atoms with E-state index >= 15 is 0 Å². The average molecular weight is 355 g/mol. The van der Waals surface area contributed by atoms with Crippen molar-refractivity contribution in [1.82, 2.24) is 23.1 Å². The van der Waals surface area contributed by atoms with Gasteiger partial charge in [-0.25, -0.2) is 9.97 Å². The van der Waals surface area contributed by atoms with Crippen LogP contribution in [0.5, 0.6) is 0 Å². The zero-order valence-electron chi connectivity index (χ0n) is 13.3. The van der Waals surface area contributed by atoms with E-state index in [0.717, 1.165) is 24.4 Å². The molecule has 1 fully saturated rings. The van der Waals surface area contributed by atoms with Crippen molar-refractivity contribution in [2.45, 2.75) is 25.3 Å². The number of aromatic nitrogens is 3. The maximum atomic E-state index is 12.4. The van der Waals surface area contributed by atoms with Crippen molar-refractivity contribution in [1.29, 1.82) is 0 Å². The monoisotopic (exact) mass is 355 g/mol. The van der Waals surface area contributed by atoms with E-state index in [4.69, 9.17) is 0 Å². The number of hydrogen-bond acceptors (Lipinski definition) is 5. The van der Waals surface area contributed by atoms with Gasteiger partial charge in [-0.3, -0.25) is 0 Å². The summed E-state index contributed by atoms with van der Waals surface area (Å²) in [5.74, 6) is 1.06. The van der Waals surface area contributed by atoms with Gasteiger partial charge >= 0.3 is 0 Å². The number of hydrogen-bond donors (Lipinski definition) is 0. The number of nitrogens with zero attached hydrogens (tertiary/aromatic N) is 5. The van der Waals surface area contributed by atoms with Crippen molar-refractivity contribution in [3.8, 4) is 0 Å². The first-order valence-electron chi connectivity index (χ1n) is 7.54. The van der Waals surface area contributed by atoms with E-state index in [2.05, 4.69) is 14.5 Å². The predicted molar refractivity (Wildman–Crippen MR) is 89.6 cm³/mol. The van der Waals surface area contributed by atoms with E-state index in [1.807, 2.05) is 17.1 Å². The van der Waals surface area contributed by atoms with Crippen LogP contribution in [0.3, 0.4) is 0 Å². The largest absolute Gasteiger partial charge is 0.329 e. The number of thiazole rings is 1. The van der Waals surface area contributed by atoms with Gasteiger partial charge in [0.15, 0.2) is 0 Å². The second-order valence-electron chi connectivity index (χ2n) is 5.88. The third-order valence-electron chi connectivity index (χ3n) is 4.10. The summed E-state index contributed by atoms with van der Waals surface area (Å²) < 4.78 is 29.6. The molecule has 1 aliphatic heterocycles. The Morgan fingerprint density at radius 3 is 2.91 bits per heavy atom. The molecule has 0 saturated carbocycles. The van der Waals surface area contributed by atoms with Crippen LogP contribution >= 0.6 is 11.3 Å². The molecular weight excluding hydrogens is 334 g/mol. The van der Waals surface area contributed by atoms with Gasteiger partial charge in [0.2, 0.25) is 0 Å². The Hall–Kier alpha value is -1.29. The summed E-state index contributed by atoms with van der Waals surface area (Å²) in [7, 11) is -0.225. The standard InChI is InChI=1S/C14H21N5O2S2/c1-17(2)23(20,21)19-6-3-4-12(8-19)14-15-5-7-18(14)9-13-10-22-11-16-13/h5,7,10-12H,3-4,6,8-9H2,1-2H3/t12-/m0/s1. The highest BCUT2D eigenvalue weighted by molar-refractivity contribution is 7.86. The van der Waals surface area contributed by atoms with Crippen molar-refractivity contribution in [2.75, 3.05) is 27.2 Å². The van der Waals surface area contributed by atoms with E-state index in [-0.39, 0.29) is 5.92 Å². The summed E-state index contributed by atoms with van der Waals surface area (Å²) in [6.07, 6.45) is 5.52. The molecule has 0 spiro atoms. The summed E-state index contributed by atoms with van der Waals surface area (Å²) in [5, 5.41) is 2.02. The third kappa shape index (κ3) is 3.47. The lowest BCUT2D eigenvalue weighted by Gasteiger charge is -2.33. The second-order valence-corrected chi connectivity index (χ2v) is 8.74. The van der Waals surface area contributed by atoms with Crippen LogP contribution in [0.2, 0.25) is 0 Å². The van der Waals surface area contributed by atoms with Gasteiger partial charge in [0.1, 0.15) is 5.82 Å². The van der Waals surface area contributed by atoms with E-state index in [9.17, 15) is 8.42 Å². The maximum Gasteiger partial charge on any atom is 0.281 e. The van der Waals surface area contributed by atoms with Crippen LogP contribution in [0.4, 0.5) is 0 Å². The minimum Gasteiger partial charge on any atom is -0.329 e. The maximum absolute atomic E-state index is 12.4. The van der Waals surface area contributed by atoms with Crippen LogP contribution < -0.4 is 0 Å². The summed E-state index contributed by atoms with van der Waals surface area (Å²) in [6, 6.07) is 0. The van der Waals surface area contributed by atoms with Gasteiger partial charge in [-0.1, -0.05) is 0 Å². The van der Waals surface area contributed by atoms with Gasteiger partial charge in [-0.2, -0.15) is 17.0 Å². The quantitative estimate of drug-likeness (QED) is 0.812. The van der Waals surface area contributed by atoms with Crippen LogP contribution in [-0.4, -0.2) is 58.7 Å². The first-order chi connectivity index (χ1) is 11.0. The molecule has 0 radical (unpaired) electrons. The van der Waals surface area contributed by atoms with Crippen LogP contribution in [0.1, 0.15) is 30.3 Å². The summed E-state index contributed by atoms with van der Waals surface area (Å²) in [4.78, 5) is 8.80. The molecule has 23 heavy (non-hydrogen) atoms. The van der Waals surface area contributed by atoms with Crippen LogP contribution in [0, 0.1) is 0 Å². The zero-order valence-corrected chi connectivity index (χ0v) is 14.9. The Kier molecular flexibility index (Phi) is 4.81. The summed E-state index contributed by atoms with van der Waals surface area (Å²) in [5.41, 5.74) is 2.82. The Labute approximate surface area is 140 Å². The molecule has 3 rings (SSSR count). The van der Waals surface area contributed by atoms with E-state index in [1.54, 1.807) is 35.9 Å². The van der Waals surface area contributed by atoms with Gasteiger partial charge in [0, 0.05) is 50.9 Å². The lowest BCUT2D eigenvalue weighted by Crippen LogP contribution is -2.45. The fraction of sp³-hybridized carbons (Fsp3) is 0.571. The molecular formula is C14H21N5O2S2. The van der Waals surface area contributed by atoms with Gasteiger partial charge in [-0.05, 0) is 12.8 Å². The molecule has 9 heteroatoms. The molecule has 1 aliphatic rings. The number of imidazole rings is 1. The third-order valence-corrected chi connectivity index (χ3v) is 6.64. The first kappa shape index (κ1) is 16.6. The highest BCUT2D eigenvalue weighted by Crippen LogP contribution is 2.28. The zero-order chi connectivity index (χ0) is 16.4. The minimum absolute atomic E-state index is 0.118. The van der Waals surface area contributed by atoms with Crippen LogP contribution in [-0.2, 0) is 16.8 Å². The van der Waals surface area contributed by atoms with E-state index in [0.29, 0.717) is 19.6 Å². The normalized spacial score (nSPS) is 20.2. The lowest BCUT2D eigenvalue weighted by atomic mass is 9.99. The van der Waals surface area contributed by atoms with Gasteiger partial charge < -0.3 is 4.57 Å². The Bertz CT molecular complexity index is 739. The fourth-order valence-electron chi connectivity index (χ4n) is 2.90. The number of rotatable bonds is 5. The molecule has 126 valence electrons. The minimum atomic E-state index is -3.37. The molecule has 2 aromatic rings. The number of piperidine rings is 1. The Morgan fingerprint density at radius 1 is 1.39 bits per heavy atom. The van der Waals surface area contributed by atoms with Gasteiger partial charge in [-0.15, -0.1) is 11.3 Å². The molecule has 0 N–H and O–H groups in total.